The third kappa shape index (κ3) is 3.64. The summed E-state index contributed by atoms with van der Waals surface area (Å²) in [5.41, 5.74) is 0.435. The molecule has 1 N–H and O–H groups in total. The molecule has 0 aromatic heterocycles. The highest BCUT2D eigenvalue weighted by Crippen LogP contribution is 2.36. The first-order valence-corrected chi connectivity index (χ1v) is 8.39. The summed E-state index contributed by atoms with van der Waals surface area (Å²) in [5, 5.41) is 10.2. The van der Waals surface area contributed by atoms with E-state index in [2.05, 4.69) is 4.90 Å². The summed E-state index contributed by atoms with van der Waals surface area (Å²) in [7, 11) is 0. The lowest BCUT2D eigenvalue weighted by molar-refractivity contribution is 0.0698. The van der Waals surface area contributed by atoms with Gasteiger partial charge in [-0.2, -0.15) is 0 Å². The molecule has 2 fully saturated rings. The Morgan fingerprint density at radius 1 is 1.14 bits per heavy atom. The fourth-order valence-electron chi connectivity index (χ4n) is 4.08. The van der Waals surface area contributed by atoms with Crippen molar-refractivity contribution in [2.75, 3.05) is 19.6 Å². The van der Waals surface area contributed by atoms with E-state index in [1.54, 1.807) is 18.2 Å². The molecule has 116 valence electrons. The molecule has 2 nitrogen and oxygen atoms in total. The minimum absolute atomic E-state index is 0.295. The molecule has 0 spiro atoms. The van der Waals surface area contributed by atoms with Gasteiger partial charge in [0.1, 0.15) is 5.82 Å². The Bertz CT molecular complexity index is 464. The maximum Gasteiger partial charge on any atom is 0.128 e. The van der Waals surface area contributed by atoms with Crippen molar-refractivity contribution in [3.63, 3.8) is 0 Å². The van der Waals surface area contributed by atoms with E-state index in [0.29, 0.717) is 12.0 Å². The molecule has 1 aliphatic carbocycles. The van der Waals surface area contributed by atoms with Crippen LogP contribution in [0.15, 0.2) is 24.3 Å². The SMILES string of the molecule is OC(CCN1CCC2CCCCC2C1)c1ccccc1F. The highest BCUT2D eigenvalue weighted by molar-refractivity contribution is 5.19. The number of nitrogens with zero attached hydrogens (tertiary/aromatic N) is 1. The average molecular weight is 291 g/mol. The zero-order valence-corrected chi connectivity index (χ0v) is 12.7. The van der Waals surface area contributed by atoms with Gasteiger partial charge >= 0.3 is 0 Å². The van der Waals surface area contributed by atoms with Crippen molar-refractivity contribution in [2.45, 2.75) is 44.6 Å². The maximum absolute atomic E-state index is 13.7. The van der Waals surface area contributed by atoms with Crippen LogP contribution in [-0.2, 0) is 0 Å². The van der Waals surface area contributed by atoms with E-state index < -0.39 is 6.10 Å². The van der Waals surface area contributed by atoms with E-state index in [9.17, 15) is 9.50 Å². The highest BCUT2D eigenvalue weighted by atomic mass is 19.1. The number of piperidine rings is 1. The monoisotopic (exact) mass is 291 g/mol. The minimum Gasteiger partial charge on any atom is -0.388 e. The van der Waals surface area contributed by atoms with Crippen molar-refractivity contribution in [3.05, 3.63) is 35.6 Å². The molecule has 0 bridgehead atoms. The van der Waals surface area contributed by atoms with Crippen LogP contribution < -0.4 is 0 Å². The molecule has 2 aliphatic rings. The second kappa shape index (κ2) is 6.89. The molecule has 1 saturated heterocycles. The number of hydrogen-bond acceptors (Lipinski definition) is 2. The van der Waals surface area contributed by atoms with Crippen LogP contribution in [0.4, 0.5) is 4.39 Å². The van der Waals surface area contributed by atoms with Crippen LogP contribution in [-0.4, -0.2) is 29.6 Å². The summed E-state index contributed by atoms with van der Waals surface area (Å²) in [6.45, 7) is 3.19. The Morgan fingerprint density at radius 2 is 1.90 bits per heavy atom. The van der Waals surface area contributed by atoms with E-state index in [0.717, 1.165) is 24.9 Å². The number of aliphatic hydroxyl groups is 1. The lowest BCUT2D eigenvalue weighted by atomic mass is 9.75. The van der Waals surface area contributed by atoms with Gasteiger partial charge in [0.15, 0.2) is 0 Å². The third-order valence-corrected chi connectivity index (χ3v) is 5.36. The molecule has 3 unspecified atom stereocenters. The number of aliphatic hydroxyl groups excluding tert-OH is 1. The van der Waals surface area contributed by atoms with Crippen LogP contribution in [0.1, 0.15) is 50.2 Å². The first-order chi connectivity index (χ1) is 10.2. The van der Waals surface area contributed by atoms with E-state index in [-0.39, 0.29) is 5.82 Å². The van der Waals surface area contributed by atoms with Crippen LogP contribution in [0, 0.1) is 17.7 Å². The van der Waals surface area contributed by atoms with Crippen molar-refractivity contribution < 1.29 is 9.50 Å². The molecule has 0 radical (unpaired) electrons. The number of likely N-dealkylation sites (tertiary alicyclic amines) is 1. The van der Waals surface area contributed by atoms with Gasteiger partial charge in [-0.3, -0.25) is 0 Å². The Labute approximate surface area is 127 Å². The summed E-state index contributed by atoms with van der Waals surface area (Å²) in [6.07, 6.45) is 6.82. The van der Waals surface area contributed by atoms with Gasteiger partial charge in [-0.15, -0.1) is 0 Å². The maximum atomic E-state index is 13.7. The summed E-state index contributed by atoms with van der Waals surface area (Å²) in [6, 6.07) is 6.56. The number of halogens is 1. The smallest absolute Gasteiger partial charge is 0.128 e. The van der Waals surface area contributed by atoms with Crippen molar-refractivity contribution >= 4 is 0 Å². The van der Waals surface area contributed by atoms with Crippen molar-refractivity contribution in [3.8, 4) is 0 Å². The van der Waals surface area contributed by atoms with E-state index in [4.69, 9.17) is 0 Å². The minimum atomic E-state index is -0.685. The van der Waals surface area contributed by atoms with E-state index >= 15 is 0 Å². The zero-order valence-electron chi connectivity index (χ0n) is 12.7. The Hall–Kier alpha value is -0.930. The predicted octanol–water partition coefficient (Wildman–Crippen LogP) is 3.76. The first-order valence-electron chi connectivity index (χ1n) is 8.39. The van der Waals surface area contributed by atoms with Crippen LogP contribution >= 0.6 is 0 Å². The topological polar surface area (TPSA) is 23.5 Å². The number of rotatable bonds is 4. The van der Waals surface area contributed by atoms with Gasteiger partial charge in [0.25, 0.3) is 0 Å². The first kappa shape index (κ1) is 15.0. The fourth-order valence-corrected chi connectivity index (χ4v) is 4.08. The summed E-state index contributed by atoms with van der Waals surface area (Å²) in [4.78, 5) is 2.47. The van der Waals surface area contributed by atoms with Crippen molar-refractivity contribution in [2.24, 2.45) is 11.8 Å². The average Bonchev–Trinajstić information content (AvgIpc) is 2.53. The molecular formula is C18H26FNO. The van der Waals surface area contributed by atoms with Gasteiger partial charge in [-0.1, -0.05) is 37.5 Å². The lowest BCUT2D eigenvalue weighted by Crippen LogP contribution is -2.42. The molecule has 21 heavy (non-hydrogen) atoms. The van der Waals surface area contributed by atoms with Gasteiger partial charge < -0.3 is 10.0 Å². The number of benzene rings is 1. The standard InChI is InChI=1S/C18H26FNO/c19-17-8-4-3-7-16(17)18(21)10-12-20-11-9-14-5-1-2-6-15(14)13-20/h3-4,7-8,14-15,18,21H,1-2,5-6,9-13H2. The van der Waals surface area contributed by atoms with Crippen molar-refractivity contribution in [1.82, 2.24) is 4.90 Å². The molecule has 1 aliphatic heterocycles. The third-order valence-electron chi connectivity index (χ3n) is 5.36. The van der Waals surface area contributed by atoms with Crippen LogP contribution in [0.5, 0.6) is 0 Å². The second-order valence-corrected chi connectivity index (χ2v) is 6.72. The molecule has 1 saturated carbocycles. The van der Waals surface area contributed by atoms with E-state index in [1.807, 2.05) is 0 Å². The van der Waals surface area contributed by atoms with Gasteiger partial charge in [0.2, 0.25) is 0 Å². The normalized spacial score (nSPS) is 28.1. The Kier molecular flexibility index (Phi) is 4.91. The van der Waals surface area contributed by atoms with Crippen LogP contribution in [0.3, 0.4) is 0 Å². The molecule has 0 amide bonds. The molecule has 3 atom stereocenters. The van der Waals surface area contributed by atoms with Crippen LogP contribution in [0.25, 0.3) is 0 Å². The van der Waals surface area contributed by atoms with Crippen LogP contribution in [0.2, 0.25) is 0 Å². The molecule has 1 aromatic rings. The highest BCUT2D eigenvalue weighted by Gasteiger charge is 2.31. The van der Waals surface area contributed by atoms with Gasteiger partial charge in [-0.05, 0) is 43.7 Å². The molecule has 1 aromatic carbocycles. The predicted molar refractivity (Wildman–Crippen MR) is 82.5 cm³/mol. The Balaban J connectivity index is 1.50. The Morgan fingerprint density at radius 3 is 2.71 bits per heavy atom. The fraction of sp³-hybridized carbons (Fsp3) is 0.667. The molecule has 3 rings (SSSR count). The molecule has 3 heteroatoms. The quantitative estimate of drug-likeness (QED) is 0.913. The summed E-state index contributed by atoms with van der Waals surface area (Å²) in [5.74, 6) is 1.50. The summed E-state index contributed by atoms with van der Waals surface area (Å²) >= 11 is 0. The zero-order chi connectivity index (χ0) is 14.7. The van der Waals surface area contributed by atoms with Gasteiger partial charge in [0, 0.05) is 18.7 Å². The van der Waals surface area contributed by atoms with Gasteiger partial charge in [-0.25, -0.2) is 4.39 Å². The molecular weight excluding hydrogens is 265 g/mol. The van der Waals surface area contributed by atoms with Gasteiger partial charge in [0.05, 0.1) is 6.10 Å². The number of fused-ring (bicyclic) bond motifs is 1. The lowest BCUT2D eigenvalue weighted by Gasteiger charge is -2.41. The largest absolute Gasteiger partial charge is 0.388 e. The second-order valence-electron chi connectivity index (χ2n) is 6.72. The van der Waals surface area contributed by atoms with E-state index in [1.165, 1.54) is 44.7 Å². The molecule has 1 heterocycles. The van der Waals surface area contributed by atoms with Crippen molar-refractivity contribution in [1.29, 1.82) is 0 Å². The number of hydrogen-bond donors (Lipinski definition) is 1. The summed E-state index contributed by atoms with van der Waals surface area (Å²) < 4.78 is 13.7.